The molecule has 7 nitrogen and oxygen atoms in total. The number of hydrogen-bond acceptors (Lipinski definition) is 6. The van der Waals surface area contributed by atoms with Crippen LogP contribution in [0.5, 0.6) is 5.75 Å². The number of nitrogen functional groups attached to an aromatic ring is 1. The molecule has 1 aromatic carbocycles. The summed E-state index contributed by atoms with van der Waals surface area (Å²) in [5.41, 5.74) is 3.06. The number of hydrogen-bond donors (Lipinski definition) is 2. The Morgan fingerprint density at radius 1 is 1.20 bits per heavy atom. The van der Waals surface area contributed by atoms with E-state index in [9.17, 15) is 4.79 Å². The average molecular weight is 350 g/mol. The average Bonchev–Trinajstić information content (AvgIpc) is 2.76. The standard InChI is InChI=1S/C17H27BN2O5/c1-11-12(15(21)20-19)7-8-13(14(11)23-10-9-22-6)18-24-16(2,3)17(4,5)25-18/h7-8H,9-10,19H2,1-6H3,(H,20,21). The second kappa shape index (κ2) is 7.33. The Balaban J connectivity index is 2.43. The van der Waals surface area contributed by atoms with E-state index in [-0.39, 0.29) is 5.91 Å². The van der Waals surface area contributed by atoms with E-state index in [1.165, 1.54) is 0 Å². The molecule has 1 heterocycles. The first-order valence-electron chi connectivity index (χ1n) is 8.26. The summed E-state index contributed by atoms with van der Waals surface area (Å²) in [6.45, 7) is 10.5. The second-order valence-corrected chi connectivity index (χ2v) is 7.06. The van der Waals surface area contributed by atoms with E-state index in [1.807, 2.05) is 27.7 Å². The van der Waals surface area contributed by atoms with E-state index in [2.05, 4.69) is 5.43 Å². The molecule has 1 aliphatic heterocycles. The molecule has 0 aliphatic carbocycles. The number of nitrogens with two attached hydrogens (primary N) is 1. The molecule has 0 saturated carbocycles. The normalized spacial score (nSPS) is 18.3. The predicted octanol–water partition coefficient (Wildman–Crippen LogP) is 0.923. The fraction of sp³-hybridized carbons (Fsp3) is 0.588. The lowest BCUT2D eigenvalue weighted by atomic mass is 9.76. The van der Waals surface area contributed by atoms with Crippen molar-refractivity contribution in [2.24, 2.45) is 5.84 Å². The lowest BCUT2D eigenvalue weighted by molar-refractivity contribution is 0.00578. The molecule has 0 aromatic heterocycles. The zero-order valence-corrected chi connectivity index (χ0v) is 15.8. The maximum atomic E-state index is 12.0. The van der Waals surface area contributed by atoms with Gasteiger partial charge in [-0.15, -0.1) is 0 Å². The zero-order valence-electron chi connectivity index (χ0n) is 15.8. The van der Waals surface area contributed by atoms with Gasteiger partial charge >= 0.3 is 7.12 Å². The van der Waals surface area contributed by atoms with Crippen molar-refractivity contribution in [3.63, 3.8) is 0 Å². The first-order chi connectivity index (χ1) is 11.6. The number of nitrogens with one attached hydrogen (secondary N) is 1. The second-order valence-electron chi connectivity index (χ2n) is 7.06. The van der Waals surface area contributed by atoms with Gasteiger partial charge in [0.2, 0.25) is 0 Å². The first-order valence-corrected chi connectivity index (χ1v) is 8.26. The fourth-order valence-electron chi connectivity index (χ4n) is 2.61. The molecule has 0 spiro atoms. The summed E-state index contributed by atoms with van der Waals surface area (Å²) in [4.78, 5) is 12.0. The van der Waals surface area contributed by atoms with Gasteiger partial charge in [0.05, 0.1) is 17.8 Å². The summed E-state index contributed by atoms with van der Waals surface area (Å²) in [6, 6.07) is 3.48. The molecule has 0 bridgehead atoms. The van der Waals surface area contributed by atoms with Crippen LogP contribution in [0.25, 0.3) is 0 Å². The van der Waals surface area contributed by atoms with Gasteiger partial charge in [-0.25, -0.2) is 5.84 Å². The molecule has 1 amide bonds. The lowest BCUT2D eigenvalue weighted by Crippen LogP contribution is -2.41. The highest BCUT2D eigenvalue weighted by Crippen LogP contribution is 2.37. The highest BCUT2D eigenvalue weighted by Gasteiger charge is 2.52. The van der Waals surface area contributed by atoms with Crippen LogP contribution < -0.4 is 21.5 Å². The Bertz CT molecular complexity index is 632. The summed E-state index contributed by atoms with van der Waals surface area (Å²) in [5, 5.41) is 0. The third kappa shape index (κ3) is 3.82. The minimum atomic E-state index is -0.587. The molecule has 8 heteroatoms. The molecule has 1 fully saturated rings. The van der Waals surface area contributed by atoms with Crippen molar-refractivity contribution in [2.75, 3.05) is 20.3 Å². The van der Waals surface area contributed by atoms with E-state index in [4.69, 9.17) is 24.6 Å². The van der Waals surface area contributed by atoms with Crippen LogP contribution in [0, 0.1) is 6.92 Å². The van der Waals surface area contributed by atoms with Crippen LogP contribution in [-0.2, 0) is 14.0 Å². The summed E-state index contributed by atoms with van der Waals surface area (Å²) in [7, 11) is 1.01. The number of carbonyl (C=O) groups excluding carboxylic acids is 1. The van der Waals surface area contributed by atoms with Gasteiger partial charge in [0.25, 0.3) is 5.91 Å². The Labute approximate surface area is 149 Å². The van der Waals surface area contributed by atoms with E-state index >= 15 is 0 Å². The Kier molecular flexibility index (Phi) is 5.78. The largest absolute Gasteiger partial charge is 0.498 e. The minimum Gasteiger partial charge on any atom is -0.491 e. The summed E-state index contributed by atoms with van der Waals surface area (Å²) in [5.74, 6) is 5.44. The SMILES string of the molecule is COCCOc1c(B2OC(C)(C)C(C)(C)O2)ccc(C(=O)NN)c1C. The zero-order chi connectivity index (χ0) is 18.8. The van der Waals surface area contributed by atoms with Crippen molar-refractivity contribution in [1.29, 1.82) is 0 Å². The number of methoxy groups -OCH3 is 1. The quantitative estimate of drug-likeness (QED) is 0.261. The molecule has 25 heavy (non-hydrogen) atoms. The lowest BCUT2D eigenvalue weighted by Gasteiger charge is -2.32. The van der Waals surface area contributed by atoms with Crippen LogP contribution in [-0.4, -0.2) is 44.6 Å². The predicted molar refractivity (Wildman–Crippen MR) is 95.9 cm³/mol. The summed E-state index contributed by atoms with van der Waals surface area (Å²) < 4.78 is 23.2. The van der Waals surface area contributed by atoms with Crippen LogP contribution in [0.2, 0.25) is 0 Å². The monoisotopic (exact) mass is 350 g/mol. The molecule has 0 radical (unpaired) electrons. The van der Waals surface area contributed by atoms with Crippen molar-refractivity contribution in [1.82, 2.24) is 5.43 Å². The molecule has 0 atom stereocenters. The van der Waals surface area contributed by atoms with Crippen molar-refractivity contribution in [3.8, 4) is 5.75 Å². The molecule has 0 unspecified atom stereocenters. The number of hydrazine groups is 1. The van der Waals surface area contributed by atoms with Gasteiger partial charge in [0, 0.05) is 23.7 Å². The van der Waals surface area contributed by atoms with Crippen molar-refractivity contribution in [3.05, 3.63) is 23.3 Å². The van der Waals surface area contributed by atoms with E-state index in [1.54, 1.807) is 26.2 Å². The van der Waals surface area contributed by atoms with E-state index < -0.39 is 18.3 Å². The third-order valence-electron chi connectivity index (χ3n) is 4.85. The molecule has 1 aromatic rings. The Morgan fingerprint density at radius 3 is 2.32 bits per heavy atom. The van der Waals surface area contributed by atoms with Gasteiger partial charge < -0.3 is 18.8 Å². The molecule has 138 valence electrons. The van der Waals surface area contributed by atoms with Crippen molar-refractivity contribution >= 4 is 18.5 Å². The van der Waals surface area contributed by atoms with Crippen LogP contribution in [0.15, 0.2) is 12.1 Å². The van der Waals surface area contributed by atoms with Gasteiger partial charge in [-0.3, -0.25) is 10.2 Å². The molecule has 1 aliphatic rings. The third-order valence-corrected chi connectivity index (χ3v) is 4.85. The van der Waals surface area contributed by atoms with E-state index in [0.29, 0.717) is 30.1 Å². The molecule has 2 rings (SSSR count). The number of benzene rings is 1. The number of carbonyl (C=O) groups is 1. The molecule has 3 N–H and O–H groups in total. The van der Waals surface area contributed by atoms with Crippen LogP contribution >= 0.6 is 0 Å². The van der Waals surface area contributed by atoms with Crippen LogP contribution in [0.3, 0.4) is 0 Å². The number of ether oxygens (including phenoxy) is 2. The number of rotatable bonds is 6. The Morgan fingerprint density at radius 2 is 1.80 bits per heavy atom. The molecular weight excluding hydrogens is 323 g/mol. The topological polar surface area (TPSA) is 92.0 Å². The van der Waals surface area contributed by atoms with Crippen LogP contribution in [0.4, 0.5) is 0 Å². The maximum absolute atomic E-state index is 12.0. The highest BCUT2D eigenvalue weighted by molar-refractivity contribution is 6.63. The fourth-order valence-corrected chi connectivity index (χ4v) is 2.61. The number of amides is 1. The summed E-state index contributed by atoms with van der Waals surface area (Å²) in [6.07, 6.45) is 0. The van der Waals surface area contributed by atoms with Crippen LogP contribution in [0.1, 0.15) is 43.6 Å². The van der Waals surface area contributed by atoms with Gasteiger partial charge in [0.1, 0.15) is 12.4 Å². The van der Waals surface area contributed by atoms with Gasteiger partial charge in [-0.1, -0.05) is 6.07 Å². The Hall–Kier alpha value is -1.61. The summed E-state index contributed by atoms with van der Waals surface area (Å²) >= 11 is 0. The van der Waals surface area contributed by atoms with Gasteiger partial charge in [0.15, 0.2) is 0 Å². The molecule has 1 saturated heterocycles. The minimum absolute atomic E-state index is 0.345. The maximum Gasteiger partial charge on any atom is 0.498 e. The highest BCUT2D eigenvalue weighted by atomic mass is 16.7. The molecular formula is C17H27BN2O5. The van der Waals surface area contributed by atoms with Gasteiger partial charge in [-0.2, -0.15) is 0 Å². The van der Waals surface area contributed by atoms with E-state index in [0.717, 1.165) is 5.46 Å². The van der Waals surface area contributed by atoms with Crippen molar-refractivity contribution < 1.29 is 23.6 Å². The smallest absolute Gasteiger partial charge is 0.491 e. The van der Waals surface area contributed by atoms with Gasteiger partial charge in [-0.05, 0) is 40.7 Å². The first kappa shape index (κ1) is 19.7. The van der Waals surface area contributed by atoms with Crippen molar-refractivity contribution in [2.45, 2.75) is 45.8 Å².